The van der Waals surface area contributed by atoms with Crippen molar-refractivity contribution < 1.29 is 22.8 Å². The summed E-state index contributed by atoms with van der Waals surface area (Å²) in [7, 11) is 0. The number of halogens is 3. The Morgan fingerprint density at radius 2 is 1.80 bits per heavy atom. The Kier molecular flexibility index (Phi) is 3.96. The van der Waals surface area contributed by atoms with Gasteiger partial charge in [0.05, 0.1) is 0 Å². The molecule has 1 N–H and O–H groups in total. The first-order valence-corrected chi connectivity index (χ1v) is 6.09. The summed E-state index contributed by atoms with van der Waals surface area (Å²) in [5.41, 5.74) is 0.962. The van der Waals surface area contributed by atoms with Crippen LogP contribution < -0.4 is 5.32 Å². The zero-order valence-corrected chi connectivity index (χ0v) is 10.5. The number of nitrogens with zero attached hydrogens (tertiary/aromatic N) is 1. The molecule has 2 rings (SSSR count). The van der Waals surface area contributed by atoms with Crippen molar-refractivity contribution in [2.24, 2.45) is 0 Å². The van der Waals surface area contributed by atoms with E-state index in [9.17, 15) is 22.8 Å². The van der Waals surface area contributed by atoms with Gasteiger partial charge in [-0.25, -0.2) is 4.79 Å². The van der Waals surface area contributed by atoms with E-state index in [1.165, 1.54) is 0 Å². The number of amides is 3. The molecule has 0 bridgehead atoms. The topological polar surface area (TPSA) is 49.4 Å². The molecule has 4 nitrogen and oxygen atoms in total. The number of rotatable bonds is 4. The number of alkyl halides is 3. The lowest BCUT2D eigenvalue weighted by molar-refractivity contribution is -0.153. The maximum Gasteiger partial charge on any atom is 0.406 e. The summed E-state index contributed by atoms with van der Waals surface area (Å²) in [6, 6.07) is 7.36. The van der Waals surface area contributed by atoms with Crippen LogP contribution in [0.5, 0.6) is 0 Å². The summed E-state index contributed by atoms with van der Waals surface area (Å²) in [6.07, 6.45) is -3.79. The van der Waals surface area contributed by atoms with Crippen molar-refractivity contribution >= 4 is 11.9 Å². The molecule has 1 aliphatic rings. The quantitative estimate of drug-likeness (QED) is 0.862. The third-order valence-electron chi connectivity index (χ3n) is 3.01. The maximum absolute atomic E-state index is 12.3. The molecule has 0 radical (unpaired) electrons. The number of imide groups is 1. The fourth-order valence-electron chi connectivity index (χ4n) is 2.06. The lowest BCUT2D eigenvalue weighted by Crippen LogP contribution is -2.39. The summed E-state index contributed by atoms with van der Waals surface area (Å²) < 4.78 is 36.8. The maximum atomic E-state index is 12.3. The van der Waals surface area contributed by atoms with Gasteiger partial charge in [0, 0.05) is 0 Å². The summed E-state index contributed by atoms with van der Waals surface area (Å²) in [4.78, 5) is 23.4. The monoisotopic (exact) mass is 286 g/mol. The van der Waals surface area contributed by atoms with Gasteiger partial charge in [0.15, 0.2) is 0 Å². The molecule has 1 aromatic rings. The Balaban J connectivity index is 1.94. The van der Waals surface area contributed by atoms with E-state index < -0.39 is 30.7 Å². The lowest BCUT2D eigenvalue weighted by atomic mass is 10.1. The molecule has 1 aromatic carbocycles. The number of carbonyl (C=O) groups excluding carboxylic acids is 2. The van der Waals surface area contributed by atoms with Gasteiger partial charge in [-0.05, 0) is 18.4 Å². The second-order valence-corrected chi connectivity index (χ2v) is 4.57. The smallest absolute Gasteiger partial charge is 0.326 e. The molecule has 20 heavy (non-hydrogen) atoms. The molecular weight excluding hydrogens is 273 g/mol. The van der Waals surface area contributed by atoms with E-state index >= 15 is 0 Å². The van der Waals surface area contributed by atoms with E-state index in [-0.39, 0.29) is 11.3 Å². The number of benzene rings is 1. The minimum Gasteiger partial charge on any atom is -0.326 e. The Hall–Kier alpha value is -2.05. The molecule has 0 aromatic heterocycles. The molecule has 1 atom stereocenters. The van der Waals surface area contributed by atoms with Crippen LogP contribution in [0.2, 0.25) is 0 Å². The molecule has 108 valence electrons. The number of hydrogen-bond donors (Lipinski definition) is 1. The summed E-state index contributed by atoms with van der Waals surface area (Å²) in [5, 5.41) is 2.28. The van der Waals surface area contributed by atoms with Crippen LogP contribution in [0.1, 0.15) is 12.0 Å². The molecule has 1 heterocycles. The van der Waals surface area contributed by atoms with Gasteiger partial charge in [0.25, 0.3) is 5.91 Å². The van der Waals surface area contributed by atoms with Crippen LogP contribution in [0, 0.1) is 0 Å². The van der Waals surface area contributed by atoms with Gasteiger partial charge in [-0.2, -0.15) is 13.2 Å². The van der Waals surface area contributed by atoms with Gasteiger partial charge < -0.3 is 5.32 Å². The minimum absolute atomic E-state index is 0.218. The van der Waals surface area contributed by atoms with Gasteiger partial charge in [-0.3, -0.25) is 9.69 Å². The van der Waals surface area contributed by atoms with E-state index in [4.69, 9.17) is 0 Å². The van der Waals surface area contributed by atoms with Crippen LogP contribution in [0.25, 0.3) is 0 Å². The van der Waals surface area contributed by atoms with Gasteiger partial charge in [0.2, 0.25) is 0 Å². The largest absolute Gasteiger partial charge is 0.406 e. The SMILES string of the molecule is O=C1NC(CCc2ccccc2)C(=O)N1CC(F)(F)F. The molecule has 0 aliphatic carbocycles. The fourth-order valence-corrected chi connectivity index (χ4v) is 2.06. The summed E-state index contributed by atoms with van der Waals surface area (Å²) in [6.45, 7) is -1.54. The molecule has 1 fully saturated rings. The first kappa shape index (κ1) is 14.4. The highest BCUT2D eigenvalue weighted by molar-refractivity contribution is 6.04. The third kappa shape index (κ3) is 3.49. The Morgan fingerprint density at radius 3 is 2.40 bits per heavy atom. The average molecular weight is 286 g/mol. The molecule has 1 aliphatic heterocycles. The van der Waals surface area contributed by atoms with Gasteiger partial charge in [-0.1, -0.05) is 30.3 Å². The van der Waals surface area contributed by atoms with Crippen molar-refractivity contribution in [3.63, 3.8) is 0 Å². The Bertz CT molecular complexity index is 502. The Labute approximate surface area is 113 Å². The second-order valence-electron chi connectivity index (χ2n) is 4.57. The second kappa shape index (κ2) is 5.52. The van der Waals surface area contributed by atoms with Crippen molar-refractivity contribution in [3.05, 3.63) is 35.9 Å². The molecule has 3 amide bonds. The van der Waals surface area contributed by atoms with Crippen LogP contribution >= 0.6 is 0 Å². The van der Waals surface area contributed by atoms with Crippen LogP contribution in [0.3, 0.4) is 0 Å². The van der Waals surface area contributed by atoms with Gasteiger partial charge in [-0.15, -0.1) is 0 Å². The summed E-state index contributed by atoms with van der Waals surface area (Å²) >= 11 is 0. The number of aryl methyl sites for hydroxylation is 1. The lowest BCUT2D eigenvalue weighted by Gasteiger charge is -2.15. The fraction of sp³-hybridized carbons (Fsp3) is 0.385. The highest BCUT2D eigenvalue weighted by Crippen LogP contribution is 2.20. The van der Waals surface area contributed by atoms with Crippen molar-refractivity contribution in [3.8, 4) is 0 Å². The zero-order chi connectivity index (χ0) is 14.8. The molecule has 1 saturated heterocycles. The first-order chi connectivity index (χ1) is 9.37. The normalized spacial score (nSPS) is 19.4. The average Bonchev–Trinajstić information content (AvgIpc) is 2.64. The predicted octanol–water partition coefficient (Wildman–Crippen LogP) is 2.10. The number of hydrogen-bond acceptors (Lipinski definition) is 2. The van der Waals surface area contributed by atoms with E-state index in [0.29, 0.717) is 6.42 Å². The van der Waals surface area contributed by atoms with Crippen molar-refractivity contribution in [2.75, 3.05) is 6.54 Å². The van der Waals surface area contributed by atoms with Gasteiger partial charge in [0.1, 0.15) is 12.6 Å². The van der Waals surface area contributed by atoms with Crippen LogP contribution in [0.15, 0.2) is 30.3 Å². The Morgan fingerprint density at radius 1 is 1.15 bits per heavy atom. The molecule has 1 unspecified atom stereocenters. The predicted molar refractivity (Wildman–Crippen MR) is 64.9 cm³/mol. The first-order valence-electron chi connectivity index (χ1n) is 6.09. The van der Waals surface area contributed by atoms with Crippen molar-refractivity contribution in [1.29, 1.82) is 0 Å². The molecular formula is C13H13F3N2O2. The number of urea groups is 1. The van der Waals surface area contributed by atoms with E-state index in [1.807, 2.05) is 30.3 Å². The van der Waals surface area contributed by atoms with E-state index in [2.05, 4.69) is 5.32 Å². The molecule has 7 heteroatoms. The highest BCUT2D eigenvalue weighted by atomic mass is 19.4. The third-order valence-corrected chi connectivity index (χ3v) is 3.01. The number of nitrogens with one attached hydrogen (secondary N) is 1. The minimum atomic E-state index is -4.58. The zero-order valence-electron chi connectivity index (χ0n) is 10.5. The molecule has 0 spiro atoms. The standard InChI is InChI=1S/C13H13F3N2O2/c14-13(15,16)8-18-11(19)10(17-12(18)20)7-6-9-4-2-1-3-5-9/h1-5,10H,6-8H2,(H,17,20). The van der Waals surface area contributed by atoms with Gasteiger partial charge >= 0.3 is 12.2 Å². The number of carbonyl (C=O) groups is 2. The van der Waals surface area contributed by atoms with E-state index in [1.54, 1.807) is 0 Å². The van der Waals surface area contributed by atoms with E-state index in [0.717, 1.165) is 5.56 Å². The van der Waals surface area contributed by atoms with Crippen LogP contribution in [-0.4, -0.2) is 35.6 Å². The van der Waals surface area contributed by atoms with Crippen LogP contribution in [-0.2, 0) is 11.2 Å². The summed E-state index contributed by atoms with van der Waals surface area (Å²) in [5.74, 6) is -0.816. The highest BCUT2D eigenvalue weighted by Gasteiger charge is 2.43. The van der Waals surface area contributed by atoms with Crippen LogP contribution in [0.4, 0.5) is 18.0 Å². The van der Waals surface area contributed by atoms with Crippen molar-refractivity contribution in [2.45, 2.75) is 25.1 Å². The molecule has 0 saturated carbocycles. The van der Waals surface area contributed by atoms with Crippen molar-refractivity contribution in [1.82, 2.24) is 10.2 Å².